The van der Waals surface area contributed by atoms with Crippen molar-refractivity contribution in [2.75, 3.05) is 13.2 Å². The zero-order chi connectivity index (χ0) is 15.1. The summed E-state index contributed by atoms with van der Waals surface area (Å²) in [7, 11) is 0. The van der Waals surface area contributed by atoms with Gasteiger partial charge in [-0.05, 0) is 69.2 Å². The Bertz CT molecular complexity index is 571. The van der Waals surface area contributed by atoms with Crippen molar-refractivity contribution in [3.8, 4) is 0 Å². The minimum Gasteiger partial charge on any atom is -0.396 e. The third kappa shape index (κ3) is 4.66. The van der Waals surface area contributed by atoms with E-state index in [1.54, 1.807) is 17.4 Å². The molecule has 5 heteroatoms. The van der Waals surface area contributed by atoms with Crippen LogP contribution in [0.25, 0.3) is 0 Å². The molecule has 2 aromatic rings. The second-order valence-electron chi connectivity index (χ2n) is 4.79. The molecule has 2 rings (SSSR count). The topological polar surface area (TPSA) is 49.3 Å². The van der Waals surface area contributed by atoms with Crippen LogP contribution in [-0.2, 0) is 0 Å². The predicted octanol–water partition coefficient (Wildman–Crippen LogP) is 3.80. The minimum atomic E-state index is -0.0736. The van der Waals surface area contributed by atoms with Gasteiger partial charge in [-0.1, -0.05) is 12.1 Å². The maximum Gasteiger partial charge on any atom is 0.252 e. The van der Waals surface area contributed by atoms with Crippen molar-refractivity contribution in [1.82, 2.24) is 5.32 Å². The van der Waals surface area contributed by atoms with Crippen LogP contribution in [-0.4, -0.2) is 24.2 Å². The van der Waals surface area contributed by atoms with Crippen LogP contribution in [0.1, 0.15) is 34.7 Å². The number of aliphatic hydroxyl groups excluding tert-OH is 1. The maximum absolute atomic E-state index is 12.1. The molecule has 0 saturated heterocycles. The molecule has 0 fully saturated rings. The van der Waals surface area contributed by atoms with Gasteiger partial charge in [-0.3, -0.25) is 4.79 Å². The van der Waals surface area contributed by atoms with Gasteiger partial charge in [0, 0.05) is 17.6 Å². The van der Waals surface area contributed by atoms with Crippen LogP contribution in [0.2, 0.25) is 0 Å². The van der Waals surface area contributed by atoms with E-state index in [4.69, 9.17) is 5.11 Å². The molecule has 0 unspecified atom stereocenters. The van der Waals surface area contributed by atoms with Crippen molar-refractivity contribution in [3.05, 3.63) is 56.7 Å². The molecule has 0 aliphatic carbocycles. The zero-order valence-electron chi connectivity index (χ0n) is 11.6. The van der Waals surface area contributed by atoms with Crippen LogP contribution in [0.15, 0.2) is 45.6 Å². The molecule has 0 bridgehead atoms. The number of hydrogen-bond acceptors (Lipinski definition) is 3. The normalized spacial score (nSPS) is 12.1. The molecule has 1 amide bonds. The highest BCUT2D eigenvalue weighted by Gasteiger charge is 2.13. The van der Waals surface area contributed by atoms with Gasteiger partial charge in [-0.15, -0.1) is 0 Å². The van der Waals surface area contributed by atoms with E-state index >= 15 is 0 Å². The van der Waals surface area contributed by atoms with Gasteiger partial charge in [0.25, 0.3) is 5.91 Å². The summed E-state index contributed by atoms with van der Waals surface area (Å²) in [5.41, 5.74) is 1.89. The summed E-state index contributed by atoms with van der Waals surface area (Å²) < 4.78 is 0.798. The second kappa shape index (κ2) is 8.32. The van der Waals surface area contributed by atoms with Crippen LogP contribution in [0.4, 0.5) is 0 Å². The van der Waals surface area contributed by atoms with Gasteiger partial charge in [0.05, 0.1) is 5.56 Å². The van der Waals surface area contributed by atoms with Crippen LogP contribution in [0.3, 0.4) is 0 Å². The average molecular weight is 368 g/mol. The highest BCUT2D eigenvalue weighted by molar-refractivity contribution is 9.10. The number of halogens is 1. The maximum atomic E-state index is 12.1. The molecule has 1 heterocycles. The molecule has 0 saturated carbocycles. The molecule has 1 atom stereocenters. The summed E-state index contributed by atoms with van der Waals surface area (Å²) in [4.78, 5) is 12.1. The number of hydrogen-bond donors (Lipinski definition) is 2. The third-order valence-electron chi connectivity index (χ3n) is 3.39. The Morgan fingerprint density at radius 2 is 2.10 bits per heavy atom. The first-order valence-electron chi connectivity index (χ1n) is 6.88. The summed E-state index contributed by atoms with van der Waals surface area (Å²) in [6, 6.07) is 9.47. The fourth-order valence-electron chi connectivity index (χ4n) is 2.24. The number of benzene rings is 1. The average Bonchev–Trinajstić information content (AvgIpc) is 3.01. The Balaban J connectivity index is 1.88. The SMILES string of the molecule is O=C(NCC[C@@H](CCO)c1ccsc1)c1ccccc1Br. The quantitative estimate of drug-likeness (QED) is 0.781. The second-order valence-corrected chi connectivity index (χ2v) is 6.42. The Morgan fingerprint density at radius 3 is 2.76 bits per heavy atom. The highest BCUT2D eigenvalue weighted by atomic mass is 79.9. The Hall–Kier alpha value is -1.17. The molecule has 1 aromatic heterocycles. The first-order valence-corrected chi connectivity index (χ1v) is 8.61. The molecular weight excluding hydrogens is 350 g/mol. The Kier molecular flexibility index (Phi) is 6.42. The van der Waals surface area contributed by atoms with Crippen molar-refractivity contribution in [2.24, 2.45) is 0 Å². The van der Waals surface area contributed by atoms with Gasteiger partial charge in [-0.2, -0.15) is 11.3 Å². The Morgan fingerprint density at radius 1 is 1.29 bits per heavy atom. The van der Waals surface area contributed by atoms with Crippen molar-refractivity contribution in [3.63, 3.8) is 0 Å². The summed E-state index contributed by atoms with van der Waals surface area (Å²) >= 11 is 5.04. The smallest absolute Gasteiger partial charge is 0.252 e. The molecule has 3 nitrogen and oxygen atoms in total. The predicted molar refractivity (Wildman–Crippen MR) is 89.9 cm³/mol. The standard InChI is InChI=1S/C16H18BrNO2S/c17-15-4-2-1-3-14(15)16(20)18-8-5-12(6-9-19)13-7-10-21-11-13/h1-4,7,10-12,19H,5-6,8-9H2,(H,18,20)/t12-/m0/s1. The number of amides is 1. The number of thiophene rings is 1. The lowest BCUT2D eigenvalue weighted by Crippen LogP contribution is -2.26. The molecule has 21 heavy (non-hydrogen) atoms. The van der Waals surface area contributed by atoms with Crippen molar-refractivity contribution in [2.45, 2.75) is 18.8 Å². The Labute approximate surface area is 137 Å². The highest BCUT2D eigenvalue weighted by Crippen LogP contribution is 2.25. The van der Waals surface area contributed by atoms with E-state index in [1.807, 2.05) is 23.6 Å². The number of carbonyl (C=O) groups excluding carboxylic acids is 1. The lowest BCUT2D eigenvalue weighted by Gasteiger charge is -2.15. The van der Waals surface area contributed by atoms with Crippen molar-refractivity contribution in [1.29, 1.82) is 0 Å². The van der Waals surface area contributed by atoms with Crippen molar-refractivity contribution < 1.29 is 9.90 Å². The summed E-state index contributed by atoms with van der Waals surface area (Å²) in [6.07, 6.45) is 1.55. The number of rotatable bonds is 7. The van der Waals surface area contributed by atoms with E-state index in [-0.39, 0.29) is 12.5 Å². The minimum absolute atomic E-state index is 0.0736. The summed E-state index contributed by atoms with van der Waals surface area (Å²) in [5.74, 6) is 0.219. The molecule has 0 radical (unpaired) electrons. The van der Waals surface area contributed by atoms with E-state index in [2.05, 4.69) is 32.7 Å². The van der Waals surface area contributed by atoms with E-state index in [0.717, 1.165) is 17.3 Å². The van der Waals surface area contributed by atoms with Crippen LogP contribution >= 0.6 is 27.3 Å². The van der Waals surface area contributed by atoms with Gasteiger partial charge < -0.3 is 10.4 Å². The largest absolute Gasteiger partial charge is 0.396 e. The number of carbonyl (C=O) groups is 1. The lowest BCUT2D eigenvalue weighted by molar-refractivity contribution is 0.0951. The first-order chi connectivity index (χ1) is 10.2. The van der Waals surface area contributed by atoms with Gasteiger partial charge in [0.1, 0.15) is 0 Å². The van der Waals surface area contributed by atoms with Crippen molar-refractivity contribution >= 4 is 33.2 Å². The summed E-state index contributed by atoms with van der Waals surface area (Å²) in [6.45, 7) is 0.763. The molecule has 0 spiro atoms. The molecule has 112 valence electrons. The molecule has 2 N–H and O–H groups in total. The van der Waals surface area contributed by atoms with Crippen LogP contribution in [0.5, 0.6) is 0 Å². The van der Waals surface area contributed by atoms with Gasteiger partial charge in [-0.25, -0.2) is 0 Å². The van der Waals surface area contributed by atoms with E-state index in [1.165, 1.54) is 5.56 Å². The van der Waals surface area contributed by atoms with E-state index in [0.29, 0.717) is 18.0 Å². The fraction of sp³-hybridized carbons (Fsp3) is 0.312. The first kappa shape index (κ1) is 16.2. The number of nitrogens with one attached hydrogen (secondary N) is 1. The molecular formula is C16H18BrNO2S. The van der Waals surface area contributed by atoms with Crippen LogP contribution in [0, 0.1) is 0 Å². The number of aliphatic hydroxyl groups is 1. The lowest BCUT2D eigenvalue weighted by atomic mass is 9.95. The van der Waals surface area contributed by atoms with Gasteiger partial charge >= 0.3 is 0 Å². The van der Waals surface area contributed by atoms with E-state index in [9.17, 15) is 4.79 Å². The fourth-order valence-corrected chi connectivity index (χ4v) is 3.45. The molecule has 0 aliphatic rings. The van der Waals surface area contributed by atoms with Crippen LogP contribution < -0.4 is 5.32 Å². The molecule has 0 aliphatic heterocycles. The van der Waals surface area contributed by atoms with Gasteiger partial charge in [0.15, 0.2) is 0 Å². The zero-order valence-corrected chi connectivity index (χ0v) is 14.0. The van der Waals surface area contributed by atoms with E-state index < -0.39 is 0 Å². The molecule has 1 aromatic carbocycles. The summed E-state index contributed by atoms with van der Waals surface area (Å²) in [5, 5.41) is 16.3. The monoisotopic (exact) mass is 367 g/mol. The van der Waals surface area contributed by atoms with Gasteiger partial charge in [0.2, 0.25) is 0 Å². The third-order valence-corrected chi connectivity index (χ3v) is 4.78.